The highest BCUT2D eigenvalue weighted by Crippen LogP contribution is 1.87. The van der Waals surface area contributed by atoms with Gasteiger partial charge in [-0.05, 0) is 4.73 Å². The maximum Gasteiger partial charge on any atom is 0.345 e. The highest BCUT2D eigenvalue weighted by molar-refractivity contribution is 5.74. The maximum atomic E-state index is 10.8. The molecule has 0 unspecified atom stereocenters. The average Bonchev–Trinajstić information content (AvgIpc) is 2.34. The number of imidazole rings is 1. The molecule has 0 aliphatic rings. The molecule has 0 saturated carbocycles. The molecular weight excluding hydrogens is 178 g/mol. The van der Waals surface area contributed by atoms with Gasteiger partial charge >= 0.3 is 11.8 Å². The van der Waals surface area contributed by atoms with Crippen LogP contribution in [0.15, 0.2) is 17.5 Å². The van der Waals surface area contributed by atoms with Crippen molar-refractivity contribution < 1.29 is 19.6 Å². The average molecular weight is 185 g/mol. The lowest BCUT2D eigenvalue weighted by Gasteiger charge is -1.95. The summed E-state index contributed by atoms with van der Waals surface area (Å²) < 4.78 is 0.924. The topological polar surface area (TPSA) is 90.8 Å². The zero-order chi connectivity index (χ0) is 9.84. The molecule has 0 fully saturated rings. The van der Waals surface area contributed by atoms with Crippen LogP contribution in [0, 0.1) is 5.21 Å². The Hall–Kier alpha value is -2.05. The van der Waals surface area contributed by atoms with Crippen LogP contribution in [0.25, 0.3) is 0 Å². The van der Waals surface area contributed by atoms with Crippen molar-refractivity contribution in [1.29, 1.82) is 0 Å². The van der Waals surface area contributed by atoms with Gasteiger partial charge in [-0.25, -0.2) is 9.52 Å². The summed E-state index contributed by atoms with van der Waals surface area (Å²) in [5.74, 6) is -0.758. The largest absolute Gasteiger partial charge is 0.710 e. The second kappa shape index (κ2) is 3.57. The molecule has 1 aromatic rings. The van der Waals surface area contributed by atoms with Gasteiger partial charge in [0.25, 0.3) is 0 Å². The Morgan fingerprint density at radius 2 is 2.62 bits per heavy atom. The number of carbonyl (C=O) groups is 1. The zero-order valence-electron chi connectivity index (χ0n) is 6.75. The second-order valence-electron chi connectivity index (χ2n) is 2.14. The van der Waals surface area contributed by atoms with E-state index in [1.165, 1.54) is 6.92 Å². The highest BCUT2D eigenvalue weighted by Gasteiger charge is 2.08. The molecule has 0 spiro atoms. The molecule has 1 N–H and O–H groups in total. The van der Waals surface area contributed by atoms with Gasteiger partial charge in [0.05, 0.1) is 0 Å². The summed E-state index contributed by atoms with van der Waals surface area (Å²) in [5, 5.41) is 22.9. The number of aromatic nitrogens is 2. The molecule has 0 bridgehead atoms. The van der Waals surface area contributed by atoms with Crippen LogP contribution in [-0.2, 0) is 9.63 Å². The normalized spacial score (nSPS) is 10.5. The first-order valence-electron chi connectivity index (χ1n) is 3.32. The lowest BCUT2D eigenvalue weighted by molar-refractivity contribution is -0.607. The van der Waals surface area contributed by atoms with Crippen molar-refractivity contribution in [1.82, 2.24) is 4.73 Å². The van der Waals surface area contributed by atoms with Gasteiger partial charge in [0.2, 0.25) is 0 Å². The third-order valence-electron chi connectivity index (χ3n) is 1.15. The van der Waals surface area contributed by atoms with E-state index < -0.39 is 5.97 Å². The third kappa shape index (κ3) is 2.19. The highest BCUT2D eigenvalue weighted by atomic mass is 16.7. The Morgan fingerprint density at radius 1 is 1.92 bits per heavy atom. The number of nitrogens with zero attached hydrogens (tertiary/aromatic N) is 3. The van der Waals surface area contributed by atoms with E-state index in [0.717, 1.165) is 18.6 Å². The van der Waals surface area contributed by atoms with E-state index in [-0.39, 0.29) is 5.82 Å². The first-order chi connectivity index (χ1) is 6.11. The van der Waals surface area contributed by atoms with Gasteiger partial charge in [-0.15, -0.1) is 0 Å². The molecule has 7 heteroatoms. The fourth-order valence-corrected chi connectivity index (χ4v) is 0.641. The fourth-order valence-electron chi connectivity index (χ4n) is 0.641. The Balaban J connectivity index is 2.73. The first kappa shape index (κ1) is 9.04. The van der Waals surface area contributed by atoms with E-state index in [9.17, 15) is 10.0 Å². The minimum atomic E-state index is -0.607. The molecule has 1 rings (SSSR count). The molecule has 7 nitrogen and oxygen atoms in total. The van der Waals surface area contributed by atoms with E-state index in [1.807, 2.05) is 0 Å². The van der Waals surface area contributed by atoms with Crippen LogP contribution in [0.3, 0.4) is 0 Å². The Kier molecular flexibility index (Phi) is 2.48. The smallest absolute Gasteiger partial charge is 0.345 e. The van der Waals surface area contributed by atoms with Crippen molar-refractivity contribution >= 4 is 12.2 Å². The van der Waals surface area contributed by atoms with Gasteiger partial charge < -0.3 is 15.3 Å². The maximum absolute atomic E-state index is 10.8. The van der Waals surface area contributed by atoms with Crippen molar-refractivity contribution in [3.63, 3.8) is 0 Å². The summed E-state index contributed by atoms with van der Waals surface area (Å²) in [7, 11) is 0. The van der Waals surface area contributed by atoms with E-state index in [1.54, 1.807) is 0 Å². The summed E-state index contributed by atoms with van der Waals surface area (Å²) in [6.07, 6.45) is 3.13. The van der Waals surface area contributed by atoms with Gasteiger partial charge in [-0.2, -0.15) is 0 Å². The van der Waals surface area contributed by atoms with Crippen LogP contribution in [0.1, 0.15) is 12.7 Å². The quantitative estimate of drug-likeness (QED) is 0.164. The van der Waals surface area contributed by atoms with Crippen LogP contribution in [-0.4, -0.2) is 22.1 Å². The SMILES string of the molecule is CC(=O)O/N=C/c1n(O)cc[n+]1[O-]. The van der Waals surface area contributed by atoms with Crippen LogP contribution in [0.2, 0.25) is 0 Å². The minimum Gasteiger partial charge on any atom is -0.710 e. The monoisotopic (exact) mass is 185 g/mol. The Morgan fingerprint density at radius 3 is 3.08 bits per heavy atom. The van der Waals surface area contributed by atoms with Crippen LogP contribution < -0.4 is 4.73 Å². The van der Waals surface area contributed by atoms with E-state index in [4.69, 9.17) is 5.21 Å². The molecule has 0 atom stereocenters. The first-order valence-corrected chi connectivity index (χ1v) is 3.32. The zero-order valence-corrected chi connectivity index (χ0v) is 6.75. The number of hydrogen-bond acceptors (Lipinski definition) is 5. The van der Waals surface area contributed by atoms with Crippen LogP contribution in [0.4, 0.5) is 0 Å². The minimum absolute atomic E-state index is 0.152. The predicted molar refractivity (Wildman–Crippen MR) is 39.9 cm³/mol. The van der Waals surface area contributed by atoms with Gasteiger partial charge in [0, 0.05) is 6.92 Å². The van der Waals surface area contributed by atoms with Gasteiger partial charge in [-0.1, -0.05) is 5.16 Å². The van der Waals surface area contributed by atoms with Crippen molar-refractivity contribution in [2.24, 2.45) is 5.16 Å². The summed E-state index contributed by atoms with van der Waals surface area (Å²) in [6.45, 7) is 1.17. The molecule has 0 aliphatic heterocycles. The summed E-state index contributed by atoms with van der Waals surface area (Å²) in [5.41, 5.74) is 0. The molecular formula is C6H7N3O4. The van der Waals surface area contributed by atoms with Gasteiger partial charge in [0.1, 0.15) is 6.20 Å². The Labute approximate surface area is 73.0 Å². The second-order valence-corrected chi connectivity index (χ2v) is 2.14. The molecule has 0 aliphatic carbocycles. The number of hydrogen-bond donors (Lipinski definition) is 1. The van der Waals surface area contributed by atoms with Crippen LogP contribution in [0.5, 0.6) is 0 Å². The molecule has 0 aromatic carbocycles. The number of carbonyl (C=O) groups excluding carboxylic acids is 1. The third-order valence-corrected chi connectivity index (χ3v) is 1.15. The lowest BCUT2D eigenvalue weighted by atomic mass is 10.7. The van der Waals surface area contributed by atoms with Crippen molar-refractivity contribution in [2.45, 2.75) is 6.92 Å². The standard InChI is InChI=1S/C6H7N3O4/c1-5(10)13-7-4-6-8(11)2-3-9(6)12/h2-4,11H,1H3/b7-4+. The van der Waals surface area contributed by atoms with Gasteiger partial charge in [-0.3, -0.25) is 0 Å². The van der Waals surface area contributed by atoms with E-state index >= 15 is 0 Å². The summed E-state index contributed by atoms with van der Waals surface area (Å²) in [6, 6.07) is 0. The van der Waals surface area contributed by atoms with E-state index in [0.29, 0.717) is 9.46 Å². The molecule has 1 aromatic heterocycles. The molecule has 0 amide bonds. The van der Waals surface area contributed by atoms with E-state index in [2.05, 4.69) is 9.99 Å². The predicted octanol–water partition coefficient (Wildman–Crippen LogP) is -0.744. The number of rotatable bonds is 2. The molecule has 13 heavy (non-hydrogen) atoms. The lowest BCUT2D eigenvalue weighted by Crippen LogP contribution is -2.29. The molecule has 0 saturated heterocycles. The number of oxime groups is 1. The van der Waals surface area contributed by atoms with Crippen molar-refractivity contribution in [3.8, 4) is 0 Å². The van der Waals surface area contributed by atoms with Crippen molar-refractivity contribution in [3.05, 3.63) is 23.4 Å². The molecule has 1 heterocycles. The molecule has 0 radical (unpaired) electrons. The van der Waals surface area contributed by atoms with Crippen LogP contribution >= 0.6 is 0 Å². The summed E-state index contributed by atoms with van der Waals surface area (Å²) in [4.78, 5) is 14.4. The van der Waals surface area contributed by atoms with Crippen molar-refractivity contribution in [2.75, 3.05) is 0 Å². The fraction of sp³-hybridized carbons (Fsp3) is 0.167. The Bertz CT molecular complexity index is 324. The molecule has 70 valence electrons. The van der Waals surface area contributed by atoms with Gasteiger partial charge in [0.15, 0.2) is 12.4 Å². The summed E-state index contributed by atoms with van der Waals surface area (Å²) >= 11 is 0.